The maximum absolute atomic E-state index is 13.1. The number of aliphatic hydroxyl groups is 2. The molecule has 0 aliphatic carbocycles. The second kappa shape index (κ2) is 7.07. The van der Waals surface area contributed by atoms with Gasteiger partial charge in [-0.2, -0.15) is 0 Å². The summed E-state index contributed by atoms with van der Waals surface area (Å²) in [4.78, 5) is 18.8. The molecule has 0 fully saturated rings. The van der Waals surface area contributed by atoms with Crippen LogP contribution in [0.5, 0.6) is 11.5 Å². The molecule has 0 heterocycles. The van der Waals surface area contributed by atoms with E-state index in [1.54, 1.807) is 12.1 Å². The lowest BCUT2D eigenvalue weighted by atomic mass is 10.3. The lowest BCUT2D eigenvalue weighted by Gasteiger charge is -2.33. The number of aliphatic hydroxyl groups excluding tert-OH is 1. The first-order chi connectivity index (χ1) is 11.2. The first-order valence-corrected chi connectivity index (χ1v) is 9.86. The Morgan fingerprint density at radius 1 is 0.833 bits per heavy atom. The van der Waals surface area contributed by atoms with Crippen LogP contribution in [-0.4, -0.2) is 31.7 Å². The van der Waals surface area contributed by atoms with Crippen LogP contribution in [-0.2, 0) is 9.13 Å². The van der Waals surface area contributed by atoms with E-state index in [0.29, 0.717) is 0 Å². The van der Waals surface area contributed by atoms with Gasteiger partial charge >= 0.3 is 20.3 Å². The predicted molar refractivity (Wildman–Crippen MR) is 85.8 cm³/mol. The monoisotopic (exact) mass is 374 g/mol. The number of rotatable bonds is 7. The highest BCUT2D eigenvalue weighted by molar-refractivity contribution is 7.73. The highest BCUT2D eigenvalue weighted by atomic mass is 31.2. The smallest absolute Gasteiger partial charge is 0.414 e. The van der Waals surface area contributed by atoms with Gasteiger partial charge in [-0.05, 0) is 24.3 Å². The highest BCUT2D eigenvalue weighted by Crippen LogP contribution is 2.71. The SMILES string of the molecule is O=P(O)(O)C(O)(CO)P(=O)(Oc1ccccc1)Oc1ccccc1. The fourth-order valence-corrected chi connectivity index (χ4v) is 4.75. The van der Waals surface area contributed by atoms with Crippen molar-refractivity contribution in [3.05, 3.63) is 60.7 Å². The molecule has 1 unspecified atom stereocenters. The summed E-state index contributed by atoms with van der Waals surface area (Å²) in [5, 5.41) is 16.2. The molecule has 0 saturated carbocycles. The van der Waals surface area contributed by atoms with E-state index in [2.05, 4.69) is 0 Å². The topological polar surface area (TPSA) is 134 Å². The van der Waals surface area contributed by atoms with Gasteiger partial charge in [0.15, 0.2) is 0 Å². The fourth-order valence-electron chi connectivity index (χ4n) is 1.74. The van der Waals surface area contributed by atoms with Crippen molar-refractivity contribution in [2.75, 3.05) is 6.61 Å². The van der Waals surface area contributed by atoms with E-state index >= 15 is 0 Å². The van der Waals surface area contributed by atoms with Crippen LogP contribution in [0.3, 0.4) is 0 Å². The summed E-state index contributed by atoms with van der Waals surface area (Å²) < 4.78 is 35.0. The maximum atomic E-state index is 13.1. The Bertz CT molecular complexity index is 715. The van der Waals surface area contributed by atoms with Gasteiger partial charge in [0.25, 0.3) is 0 Å². The minimum atomic E-state index is -5.49. The molecule has 0 saturated heterocycles. The second-order valence-corrected chi connectivity index (χ2v) is 9.06. The van der Waals surface area contributed by atoms with E-state index in [4.69, 9.17) is 9.05 Å². The highest BCUT2D eigenvalue weighted by Gasteiger charge is 2.65. The third-order valence-corrected chi connectivity index (χ3v) is 7.57. The maximum Gasteiger partial charge on any atom is 0.477 e. The van der Waals surface area contributed by atoms with Crippen LogP contribution in [0, 0.1) is 0 Å². The van der Waals surface area contributed by atoms with E-state index in [9.17, 15) is 29.1 Å². The lowest BCUT2D eigenvalue weighted by molar-refractivity contribution is 0.0752. The van der Waals surface area contributed by atoms with Crippen LogP contribution in [0.1, 0.15) is 0 Å². The van der Waals surface area contributed by atoms with Gasteiger partial charge in [-0.15, -0.1) is 0 Å². The zero-order chi connectivity index (χ0) is 17.8. The van der Waals surface area contributed by atoms with Crippen molar-refractivity contribution in [3.63, 3.8) is 0 Å². The largest absolute Gasteiger partial charge is 0.477 e. The summed E-state index contributed by atoms with van der Waals surface area (Å²) in [7, 11) is -10.5. The van der Waals surface area contributed by atoms with Crippen molar-refractivity contribution in [1.82, 2.24) is 0 Å². The number of hydrogen-bond donors (Lipinski definition) is 4. The molecule has 1 atom stereocenters. The normalized spacial score (nSPS) is 14.7. The minimum Gasteiger partial charge on any atom is -0.414 e. The van der Waals surface area contributed by atoms with Crippen molar-refractivity contribution in [1.29, 1.82) is 0 Å². The van der Waals surface area contributed by atoms with Crippen molar-refractivity contribution in [3.8, 4) is 11.5 Å². The van der Waals surface area contributed by atoms with Crippen LogP contribution in [0.25, 0.3) is 0 Å². The molecule has 130 valence electrons. The van der Waals surface area contributed by atoms with Gasteiger partial charge < -0.3 is 29.0 Å². The molecule has 8 nitrogen and oxygen atoms in total. The standard InChI is InChI=1S/C14H16O8P2/c15-11-14(16,23(17,18)19)24(20,21-12-7-3-1-4-8-12)22-13-9-5-2-6-10-13/h1-10,15-16H,11H2,(H2,17,18,19). The van der Waals surface area contributed by atoms with Gasteiger partial charge in [-0.3, -0.25) is 4.57 Å². The Kier molecular flexibility index (Phi) is 5.50. The molecule has 4 N–H and O–H groups in total. The minimum absolute atomic E-state index is 0.0583. The summed E-state index contributed by atoms with van der Waals surface area (Å²) in [6.45, 7) is -1.53. The van der Waals surface area contributed by atoms with Gasteiger partial charge in [0, 0.05) is 0 Å². The molecule has 0 aliphatic heterocycles. The molecule has 0 spiro atoms. The average molecular weight is 374 g/mol. The average Bonchev–Trinajstić information content (AvgIpc) is 2.54. The quantitative estimate of drug-likeness (QED) is 0.542. The lowest BCUT2D eigenvalue weighted by Crippen LogP contribution is -2.36. The van der Waals surface area contributed by atoms with E-state index in [1.807, 2.05) is 0 Å². The Balaban J connectivity index is 2.52. The Morgan fingerprint density at radius 3 is 1.50 bits per heavy atom. The van der Waals surface area contributed by atoms with Crippen LogP contribution < -0.4 is 9.05 Å². The first-order valence-electron chi connectivity index (χ1n) is 6.70. The molecule has 0 radical (unpaired) electrons. The Morgan fingerprint density at radius 2 is 1.21 bits per heavy atom. The van der Waals surface area contributed by atoms with E-state index < -0.39 is 26.9 Å². The third-order valence-electron chi connectivity index (χ3n) is 3.05. The molecule has 10 heteroatoms. The van der Waals surface area contributed by atoms with Gasteiger partial charge in [0.2, 0.25) is 0 Å². The molecule has 2 aromatic rings. The van der Waals surface area contributed by atoms with Gasteiger partial charge in [-0.1, -0.05) is 36.4 Å². The number of benzene rings is 2. The van der Waals surface area contributed by atoms with Crippen LogP contribution in [0.4, 0.5) is 0 Å². The van der Waals surface area contributed by atoms with Crippen molar-refractivity contribution in [2.45, 2.75) is 5.08 Å². The van der Waals surface area contributed by atoms with Crippen molar-refractivity contribution in [2.24, 2.45) is 0 Å². The molecule has 0 aromatic heterocycles. The van der Waals surface area contributed by atoms with Crippen LogP contribution >= 0.6 is 15.2 Å². The Labute approximate surface area is 138 Å². The number of para-hydroxylation sites is 2. The molecule has 2 aromatic carbocycles. The van der Waals surface area contributed by atoms with Gasteiger partial charge in [-0.25, -0.2) is 4.57 Å². The summed E-state index contributed by atoms with van der Waals surface area (Å²) in [6, 6.07) is 14.8. The third kappa shape index (κ3) is 3.70. The summed E-state index contributed by atoms with van der Waals surface area (Å²) in [5.74, 6) is -0.117. The molecule has 0 amide bonds. The van der Waals surface area contributed by atoms with Crippen LogP contribution in [0.2, 0.25) is 0 Å². The molecule has 0 bridgehead atoms. The molecular formula is C14H16O8P2. The van der Waals surface area contributed by atoms with E-state index in [-0.39, 0.29) is 11.5 Å². The molecule has 2 rings (SSSR count). The van der Waals surface area contributed by atoms with Crippen molar-refractivity contribution >= 4 is 15.2 Å². The summed E-state index contributed by atoms with van der Waals surface area (Å²) in [5.41, 5.74) is 0. The molecular weight excluding hydrogens is 358 g/mol. The van der Waals surface area contributed by atoms with Crippen LogP contribution in [0.15, 0.2) is 60.7 Å². The van der Waals surface area contributed by atoms with Gasteiger partial charge in [0.05, 0.1) is 6.61 Å². The van der Waals surface area contributed by atoms with Gasteiger partial charge in [0.1, 0.15) is 11.5 Å². The zero-order valence-electron chi connectivity index (χ0n) is 12.3. The molecule has 0 aliphatic rings. The van der Waals surface area contributed by atoms with E-state index in [0.717, 1.165) is 0 Å². The summed E-state index contributed by atoms with van der Waals surface area (Å²) >= 11 is 0. The van der Waals surface area contributed by atoms with Crippen molar-refractivity contribution < 1.29 is 38.2 Å². The summed E-state index contributed by atoms with van der Waals surface area (Å²) in [6.07, 6.45) is 0. The second-order valence-electron chi connectivity index (χ2n) is 4.78. The number of hydrogen-bond acceptors (Lipinski definition) is 6. The Hall–Kier alpha value is -1.66. The fraction of sp³-hybridized carbons (Fsp3) is 0.143. The molecule has 24 heavy (non-hydrogen) atoms. The first kappa shape index (κ1) is 18.7. The zero-order valence-corrected chi connectivity index (χ0v) is 14.1. The predicted octanol–water partition coefficient (Wildman–Crippen LogP) is 2.15. The van der Waals surface area contributed by atoms with E-state index in [1.165, 1.54) is 48.5 Å².